The summed E-state index contributed by atoms with van der Waals surface area (Å²) in [6.07, 6.45) is 2.42. The van der Waals surface area contributed by atoms with E-state index in [4.69, 9.17) is 4.74 Å². The molecule has 15 heavy (non-hydrogen) atoms. The fourth-order valence-electron chi connectivity index (χ4n) is 1.25. The Hall–Kier alpha value is -0.980. The summed E-state index contributed by atoms with van der Waals surface area (Å²) in [6, 6.07) is 8.33. The quantitative estimate of drug-likeness (QED) is 0.716. The van der Waals surface area contributed by atoms with E-state index in [0.717, 1.165) is 11.7 Å². The van der Waals surface area contributed by atoms with E-state index in [1.54, 1.807) is 7.11 Å². The third kappa shape index (κ3) is 6.16. The van der Waals surface area contributed by atoms with Gasteiger partial charge in [-0.25, -0.2) is 0 Å². The molecule has 0 saturated carbocycles. The molecule has 0 saturated heterocycles. The number of benzene rings is 1. The molecule has 0 atom stereocenters. The Morgan fingerprint density at radius 3 is 2.00 bits per heavy atom. The highest BCUT2D eigenvalue weighted by atomic mass is 16.5. The van der Waals surface area contributed by atoms with Gasteiger partial charge in [0.05, 0.1) is 7.11 Å². The summed E-state index contributed by atoms with van der Waals surface area (Å²) >= 11 is 0. The molecule has 0 bridgehead atoms. The van der Waals surface area contributed by atoms with Crippen LogP contribution in [-0.2, 0) is 6.42 Å². The summed E-state index contributed by atoms with van der Waals surface area (Å²) < 4.78 is 5.09. The van der Waals surface area contributed by atoms with E-state index in [1.165, 1.54) is 18.4 Å². The molecule has 1 rings (SSSR count). The van der Waals surface area contributed by atoms with Crippen molar-refractivity contribution in [3.8, 4) is 5.75 Å². The Labute approximate surface area is 94.5 Å². The summed E-state index contributed by atoms with van der Waals surface area (Å²) in [5.41, 5.74) is 1.40. The van der Waals surface area contributed by atoms with E-state index in [2.05, 4.69) is 26.0 Å². The van der Waals surface area contributed by atoms with Gasteiger partial charge in [-0.15, -0.1) is 0 Å². The van der Waals surface area contributed by atoms with Crippen LogP contribution >= 0.6 is 0 Å². The highest BCUT2D eigenvalue weighted by Crippen LogP contribution is 2.14. The topological polar surface area (TPSA) is 9.23 Å². The van der Waals surface area contributed by atoms with E-state index in [9.17, 15) is 0 Å². The predicted molar refractivity (Wildman–Crippen MR) is 67.5 cm³/mol. The first-order valence-corrected chi connectivity index (χ1v) is 5.85. The fraction of sp³-hybridized carbons (Fsp3) is 0.571. The van der Waals surface area contributed by atoms with Gasteiger partial charge >= 0.3 is 0 Å². The number of rotatable bonds is 4. The van der Waals surface area contributed by atoms with E-state index < -0.39 is 0 Å². The summed E-state index contributed by atoms with van der Waals surface area (Å²) in [7, 11) is 1.70. The van der Waals surface area contributed by atoms with Crippen LogP contribution in [-0.4, -0.2) is 7.11 Å². The standard InChI is InChI=1S/C12H18O.C2H6/c1-10(2)4-5-11-6-8-12(13-3)9-7-11;1-2/h6-10H,4-5H2,1-3H3;1-2H3. The van der Waals surface area contributed by atoms with Crippen LogP contribution in [0.1, 0.15) is 39.7 Å². The van der Waals surface area contributed by atoms with Crippen molar-refractivity contribution in [2.24, 2.45) is 5.92 Å². The summed E-state index contributed by atoms with van der Waals surface area (Å²) in [5, 5.41) is 0. The molecule has 1 heteroatoms. The molecular weight excluding hydrogens is 184 g/mol. The molecule has 0 amide bonds. The van der Waals surface area contributed by atoms with E-state index in [-0.39, 0.29) is 0 Å². The lowest BCUT2D eigenvalue weighted by Gasteiger charge is -2.05. The fourth-order valence-corrected chi connectivity index (χ4v) is 1.25. The van der Waals surface area contributed by atoms with Crippen LogP contribution in [0.3, 0.4) is 0 Å². The number of methoxy groups -OCH3 is 1. The molecule has 0 aliphatic rings. The minimum absolute atomic E-state index is 0.780. The summed E-state index contributed by atoms with van der Waals surface area (Å²) in [5.74, 6) is 1.72. The average Bonchev–Trinajstić information content (AvgIpc) is 2.30. The van der Waals surface area contributed by atoms with Crippen LogP contribution in [0, 0.1) is 5.92 Å². The van der Waals surface area contributed by atoms with Crippen molar-refractivity contribution in [1.82, 2.24) is 0 Å². The first-order chi connectivity index (χ1) is 7.22. The maximum atomic E-state index is 5.09. The van der Waals surface area contributed by atoms with Gasteiger partial charge < -0.3 is 4.74 Å². The molecule has 1 aromatic rings. The lowest BCUT2D eigenvalue weighted by molar-refractivity contribution is 0.414. The van der Waals surface area contributed by atoms with Crippen molar-refractivity contribution < 1.29 is 4.74 Å². The van der Waals surface area contributed by atoms with E-state index >= 15 is 0 Å². The van der Waals surface area contributed by atoms with E-state index in [0.29, 0.717) is 0 Å². The van der Waals surface area contributed by atoms with Gasteiger partial charge in [0.25, 0.3) is 0 Å². The van der Waals surface area contributed by atoms with Crippen molar-refractivity contribution >= 4 is 0 Å². The predicted octanol–water partition coefficient (Wildman–Crippen LogP) is 4.31. The highest BCUT2D eigenvalue weighted by molar-refractivity contribution is 5.27. The van der Waals surface area contributed by atoms with Gasteiger partial charge in [-0.05, 0) is 36.5 Å². The van der Waals surface area contributed by atoms with Gasteiger partial charge in [0.2, 0.25) is 0 Å². The average molecular weight is 208 g/mol. The minimum atomic E-state index is 0.780. The monoisotopic (exact) mass is 208 g/mol. The van der Waals surface area contributed by atoms with Gasteiger partial charge in [-0.1, -0.05) is 39.8 Å². The SMILES string of the molecule is CC.COc1ccc(CCC(C)C)cc1. The molecule has 0 aliphatic carbocycles. The van der Waals surface area contributed by atoms with Crippen molar-refractivity contribution in [3.63, 3.8) is 0 Å². The summed E-state index contributed by atoms with van der Waals surface area (Å²) in [6.45, 7) is 8.51. The zero-order chi connectivity index (χ0) is 11.7. The van der Waals surface area contributed by atoms with Gasteiger partial charge in [0.15, 0.2) is 0 Å². The largest absolute Gasteiger partial charge is 0.497 e. The first kappa shape index (κ1) is 14.0. The van der Waals surface area contributed by atoms with Crippen LogP contribution in [0.2, 0.25) is 0 Å². The van der Waals surface area contributed by atoms with Crippen LogP contribution in [0.25, 0.3) is 0 Å². The molecule has 1 nitrogen and oxygen atoms in total. The van der Waals surface area contributed by atoms with E-state index in [1.807, 2.05) is 26.0 Å². The zero-order valence-corrected chi connectivity index (χ0v) is 10.7. The number of ether oxygens (including phenoxy) is 1. The third-order valence-corrected chi connectivity index (χ3v) is 2.17. The Bertz CT molecular complexity index is 236. The number of hydrogen-bond donors (Lipinski definition) is 0. The Morgan fingerprint density at radius 2 is 1.60 bits per heavy atom. The molecule has 0 unspecified atom stereocenters. The van der Waals surface area contributed by atoms with Gasteiger partial charge in [0, 0.05) is 0 Å². The van der Waals surface area contributed by atoms with Gasteiger partial charge in [-0.2, -0.15) is 0 Å². The van der Waals surface area contributed by atoms with Crippen molar-refractivity contribution in [2.75, 3.05) is 7.11 Å². The first-order valence-electron chi connectivity index (χ1n) is 5.85. The molecular formula is C14H24O. The molecule has 0 aliphatic heterocycles. The van der Waals surface area contributed by atoms with Gasteiger partial charge in [-0.3, -0.25) is 0 Å². The molecule has 0 N–H and O–H groups in total. The molecule has 0 aromatic heterocycles. The normalized spacial score (nSPS) is 9.47. The van der Waals surface area contributed by atoms with Crippen LogP contribution in [0.15, 0.2) is 24.3 Å². The number of aryl methyl sites for hydroxylation is 1. The highest BCUT2D eigenvalue weighted by Gasteiger charge is 1.97. The minimum Gasteiger partial charge on any atom is -0.497 e. The molecule has 0 spiro atoms. The lowest BCUT2D eigenvalue weighted by Crippen LogP contribution is -1.92. The maximum absolute atomic E-state index is 5.09. The maximum Gasteiger partial charge on any atom is 0.118 e. The van der Waals surface area contributed by atoms with Crippen LogP contribution in [0.4, 0.5) is 0 Å². The zero-order valence-electron chi connectivity index (χ0n) is 10.7. The molecule has 0 fully saturated rings. The Balaban J connectivity index is 0.000000921. The lowest BCUT2D eigenvalue weighted by atomic mass is 10.0. The van der Waals surface area contributed by atoms with Crippen molar-refractivity contribution in [1.29, 1.82) is 0 Å². The molecule has 0 radical (unpaired) electrons. The molecule has 1 aromatic carbocycles. The third-order valence-electron chi connectivity index (χ3n) is 2.17. The van der Waals surface area contributed by atoms with Gasteiger partial charge in [0.1, 0.15) is 5.75 Å². The summed E-state index contributed by atoms with van der Waals surface area (Å²) in [4.78, 5) is 0. The van der Waals surface area contributed by atoms with Crippen molar-refractivity contribution in [3.05, 3.63) is 29.8 Å². The van der Waals surface area contributed by atoms with Crippen LogP contribution in [0.5, 0.6) is 5.75 Å². The second-order valence-corrected chi connectivity index (χ2v) is 3.78. The smallest absolute Gasteiger partial charge is 0.118 e. The Kier molecular flexibility index (Phi) is 7.79. The number of hydrogen-bond acceptors (Lipinski definition) is 1. The second kappa shape index (κ2) is 8.34. The van der Waals surface area contributed by atoms with Crippen LogP contribution < -0.4 is 4.74 Å². The Morgan fingerprint density at radius 1 is 1.07 bits per heavy atom. The second-order valence-electron chi connectivity index (χ2n) is 3.78. The molecule has 0 heterocycles. The van der Waals surface area contributed by atoms with Crippen molar-refractivity contribution in [2.45, 2.75) is 40.5 Å². The molecule has 86 valence electrons.